The van der Waals surface area contributed by atoms with Gasteiger partial charge >= 0.3 is 0 Å². The molecule has 3 heteroatoms. The molecular formula is C12H22N2S. The number of rotatable bonds is 8. The van der Waals surface area contributed by atoms with Crippen LogP contribution in [0.5, 0.6) is 0 Å². The van der Waals surface area contributed by atoms with Gasteiger partial charge in [-0.25, -0.2) is 0 Å². The van der Waals surface area contributed by atoms with Gasteiger partial charge in [0.05, 0.1) is 0 Å². The molecule has 0 aliphatic rings. The predicted octanol–water partition coefficient (Wildman–Crippen LogP) is 2.54. The second-order valence-corrected chi connectivity index (χ2v) is 5.17. The molecule has 15 heavy (non-hydrogen) atoms. The number of hydrogen-bond acceptors (Lipinski definition) is 3. The van der Waals surface area contributed by atoms with Gasteiger partial charge in [0, 0.05) is 16.3 Å². The summed E-state index contributed by atoms with van der Waals surface area (Å²) in [4.78, 5) is 2.84. The van der Waals surface area contributed by atoms with Crippen molar-refractivity contribution in [3.05, 3.63) is 21.9 Å². The Bertz CT molecular complexity index is 258. The Morgan fingerprint density at radius 1 is 1.13 bits per heavy atom. The molecule has 0 unspecified atom stereocenters. The Morgan fingerprint density at radius 3 is 2.60 bits per heavy atom. The van der Waals surface area contributed by atoms with Gasteiger partial charge in [-0.2, -0.15) is 0 Å². The molecule has 0 aliphatic heterocycles. The minimum absolute atomic E-state index is 1.02. The minimum Gasteiger partial charge on any atom is -0.317 e. The Kier molecular flexibility index (Phi) is 6.64. The van der Waals surface area contributed by atoms with E-state index in [2.05, 4.69) is 36.6 Å². The summed E-state index contributed by atoms with van der Waals surface area (Å²) in [5.41, 5.74) is 0. The molecule has 0 aliphatic carbocycles. The van der Waals surface area contributed by atoms with Gasteiger partial charge in [-0.3, -0.25) is 0 Å². The van der Waals surface area contributed by atoms with E-state index in [4.69, 9.17) is 0 Å². The smallest absolute Gasteiger partial charge is 0.0299 e. The molecule has 0 saturated carbocycles. The van der Waals surface area contributed by atoms with E-state index in [-0.39, 0.29) is 0 Å². The van der Waals surface area contributed by atoms with Crippen molar-refractivity contribution in [2.45, 2.75) is 33.2 Å². The van der Waals surface area contributed by atoms with Crippen LogP contribution >= 0.6 is 11.3 Å². The Morgan fingerprint density at radius 2 is 1.93 bits per heavy atom. The summed E-state index contributed by atoms with van der Waals surface area (Å²) in [6.45, 7) is 8.75. The second kappa shape index (κ2) is 7.85. The maximum atomic E-state index is 3.46. The van der Waals surface area contributed by atoms with Crippen LogP contribution in [0.25, 0.3) is 0 Å². The van der Waals surface area contributed by atoms with E-state index in [0.717, 1.165) is 26.2 Å². The van der Waals surface area contributed by atoms with E-state index in [1.54, 1.807) is 0 Å². The van der Waals surface area contributed by atoms with Crippen LogP contribution in [0.4, 0.5) is 0 Å². The lowest BCUT2D eigenvalue weighted by atomic mass is 10.4. The Hall–Kier alpha value is -0.380. The van der Waals surface area contributed by atoms with Gasteiger partial charge in [0.2, 0.25) is 0 Å². The highest BCUT2D eigenvalue weighted by molar-refractivity contribution is 7.11. The number of nitrogens with one attached hydrogen (secondary N) is 2. The highest BCUT2D eigenvalue weighted by atomic mass is 32.1. The fourth-order valence-electron chi connectivity index (χ4n) is 1.43. The molecule has 0 radical (unpaired) electrons. The van der Waals surface area contributed by atoms with Crippen molar-refractivity contribution in [2.75, 3.05) is 19.6 Å². The van der Waals surface area contributed by atoms with E-state index in [0.29, 0.717) is 0 Å². The molecular weight excluding hydrogens is 204 g/mol. The quantitative estimate of drug-likeness (QED) is 0.666. The lowest BCUT2D eigenvalue weighted by Gasteiger charge is -2.04. The lowest BCUT2D eigenvalue weighted by Crippen LogP contribution is -2.21. The van der Waals surface area contributed by atoms with Crippen molar-refractivity contribution in [1.82, 2.24) is 10.6 Å². The standard InChI is InChI=1S/C12H22N2S/c1-3-7-13-8-4-9-14-10-12-6-5-11(2)15-12/h5-6,13-14H,3-4,7-10H2,1-2H3. The van der Waals surface area contributed by atoms with Gasteiger partial charge in [-0.15, -0.1) is 11.3 Å². The molecule has 0 spiro atoms. The van der Waals surface area contributed by atoms with Crippen molar-refractivity contribution >= 4 is 11.3 Å². The summed E-state index contributed by atoms with van der Waals surface area (Å²) in [6.07, 6.45) is 2.44. The molecule has 1 aromatic heterocycles. The van der Waals surface area contributed by atoms with Crippen molar-refractivity contribution in [1.29, 1.82) is 0 Å². The van der Waals surface area contributed by atoms with Crippen LogP contribution < -0.4 is 10.6 Å². The summed E-state index contributed by atoms with van der Waals surface area (Å²) >= 11 is 1.88. The molecule has 0 saturated heterocycles. The maximum Gasteiger partial charge on any atom is 0.0299 e. The first-order chi connectivity index (χ1) is 7.33. The first kappa shape index (κ1) is 12.7. The molecule has 0 bridgehead atoms. The van der Waals surface area contributed by atoms with Crippen LogP contribution in [-0.2, 0) is 6.54 Å². The largest absolute Gasteiger partial charge is 0.317 e. The average Bonchev–Trinajstić information content (AvgIpc) is 2.63. The molecule has 1 aromatic rings. The number of aryl methyl sites for hydroxylation is 1. The number of thiophene rings is 1. The maximum absolute atomic E-state index is 3.46. The normalized spacial score (nSPS) is 10.8. The third-order valence-corrected chi connectivity index (χ3v) is 3.23. The Labute approximate surface area is 97.1 Å². The van der Waals surface area contributed by atoms with Gasteiger partial charge in [-0.05, 0) is 51.5 Å². The van der Waals surface area contributed by atoms with E-state index in [1.165, 1.54) is 22.6 Å². The SMILES string of the molecule is CCCNCCCNCc1ccc(C)s1. The summed E-state index contributed by atoms with van der Waals surface area (Å²) in [7, 11) is 0. The summed E-state index contributed by atoms with van der Waals surface area (Å²) in [5, 5.41) is 6.86. The molecule has 2 nitrogen and oxygen atoms in total. The second-order valence-electron chi connectivity index (χ2n) is 3.79. The van der Waals surface area contributed by atoms with Gasteiger partial charge in [0.25, 0.3) is 0 Å². The van der Waals surface area contributed by atoms with Gasteiger partial charge in [-0.1, -0.05) is 6.92 Å². The van der Waals surface area contributed by atoms with Crippen LogP contribution in [-0.4, -0.2) is 19.6 Å². The molecule has 2 N–H and O–H groups in total. The first-order valence-corrected chi connectivity index (χ1v) is 6.61. The van der Waals surface area contributed by atoms with Crippen molar-refractivity contribution in [3.8, 4) is 0 Å². The lowest BCUT2D eigenvalue weighted by molar-refractivity contribution is 0.594. The Balaban J connectivity index is 1.93. The first-order valence-electron chi connectivity index (χ1n) is 5.79. The minimum atomic E-state index is 1.02. The van der Waals surface area contributed by atoms with Crippen LogP contribution in [0.15, 0.2) is 12.1 Å². The summed E-state index contributed by atoms with van der Waals surface area (Å²) < 4.78 is 0. The van der Waals surface area contributed by atoms with E-state index in [9.17, 15) is 0 Å². The highest BCUT2D eigenvalue weighted by Crippen LogP contribution is 2.14. The van der Waals surface area contributed by atoms with Crippen molar-refractivity contribution < 1.29 is 0 Å². The predicted molar refractivity (Wildman–Crippen MR) is 68.5 cm³/mol. The van der Waals surface area contributed by atoms with E-state index < -0.39 is 0 Å². The fourth-order valence-corrected chi connectivity index (χ4v) is 2.29. The van der Waals surface area contributed by atoms with Crippen LogP contribution in [0.3, 0.4) is 0 Å². The monoisotopic (exact) mass is 226 g/mol. The molecule has 86 valence electrons. The average molecular weight is 226 g/mol. The molecule has 1 heterocycles. The van der Waals surface area contributed by atoms with Crippen LogP contribution in [0.2, 0.25) is 0 Å². The van der Waals surface area contributed by atoms with E-state index >= 15 is 0 Å². The molecule has 1 rings (SSSR count). The fraction of sp³-hybridized carbons (Fsp3) is 0.667. The van der Waals surface area contributed by atoms with E-state index in [1.807, 2.05) is 11.3 Å². The zero-order chi connectivity index (χ0) is 10.9. The molecule has 0 fully saturated rings. The van der Waals surface area contributed by atoms with Crippen LogP contribution in [0, 0.1) is 6.92 Å². The molecule has 0 atom stereocenters. The zero-order valence-corrected chi connectivity index (χ0v) is 10.6. The van der Waals surface area contributed by atoms with Gasteiger partial charge in [0.1, 0.15) is 0 Å². The highest BCUT2D eigenvalue weighted by Gasteiger charge is 1.95. The third-order valence-electron chi connectivity index (χ3n) is 2.23. The molecule has 0 amide bonds. The zero-order valence-electron chi connectivity index (χ0n) is 9.81. The third kappa shape index (κ3) is 5.92. The topological polar surface area (TPSA) is 24.1 Å². The van der Waals surface area contributed by atoms with Gasteiger partial charge < -0.3 is 10.6 Å². The number of hydrogen-bond donors (Lipinski definition) is 2. The van der Waals surface area contributed by atoms with Crippen molar-refractivity contribution in [2.24, 2.45) is 0 Å². The summed E-state index contributed by atoms with van der Waals surface area (Å²) in [6, 6.07) is 4.40. The molecule has 0 aromatic carbocycles. The summed E-state index contributed by atoms with van der Waals surface area (Å²) in [5.74, 6) is 0. The van der Waals surface area contributed by atoms with Crippen molar-refractivity contribution in [3.63, 3.8) is 0 Å². The van der Waals surface area contributed by atoms with Gasteiger partial charge in [0.15, 0.2) is 0 Å². The van der Waals surface area contributed by atoms with Crippen LogP contribution in [0.1, 0.15) is 29.5 Å².